The van der Waals surface area contributed by atoms with Gasteiger partial charge in [-0.05, 0) is 40.8 Å². The number of hydrogen-bond donors (Lipinski definition) is 2. The van der Waals surface area contributed by atoms with Gasteiger partial charge in [-0.2, -0.15) is 0 Å². The molecule has 41 heavy (non-hydrogen) atoms. The van der Waals surface area contributed by atoms with Crippen molar-refractivity contribution >= 4 is 18.0 Å². The minimum atomic E-state index is -1.39. The number of ether oxygens (including phenoxy) is 2. The van der Waals surface area contributed by atoms with Crippen LogP contribution < -0.4 is 10.5 Å². The Morgan fingerprint density at radius 1 is 0.780 bits per heavy atom. The van der Waals surface area contributed by atoms with Crippen LogP contribution in [0.4, 0.5) is 4.79 Å². The number of carboxylic acids is 1. The van der Waals surface area contributed by atoms with E-state index in [1.165, 1.54) is 4.90 Å². The molecule has 6 rings (SSSR count). The monoisotopic (exact) mass is 548 g/mol. The van der Waals surface area contributed by atoms with Crippen molar-refractivity contribution in [3.05, 3.63) is 119 Å². The topological polar surface area (TPSA) is 119 Å². The molecule has 0 bridgehead atoms. The normalized spacial score (nSPS) is 14.0. The van der Waals surface area contributed by atoms with E-state index >= 15 is 0 Å². The van der Waals surface area contributed by atoms with Crippen LogP contribution in [0.15, 0.2) is 97.1 Å². The smallest absolute Gasteiger partial charge is 0.411 e. The van der Waals surface area contributed by atoms with Crippen molar-refractivity contribution in [3.63, 3.8) is 0 Å². The number of benzene rings is 4. The van der Waals surface area contributed by atoms with E-state index in [1.807, 2.05) is 60.7 Å². The molecule has 3 N–H and O–H groups in total. The number of nitrogens with zero attached hydrogens (tertiary/aromatic N) is 1. The number of primary amides is 1. The Kier molecular flexibility index (Phi) is 6.89. The van der Waals surface area contributed by atoms with E-state index in [-0.39, 0.29) is 25.4 Å². The maximum atomic E-state index is 14.1. The minimum absolute atomic E-state index is 0.0119. The van der Waals surface area contributed by atoms with Crippen LogP contribution in [0.25, 0.3) is 11.1 Å². The molecule has 4 aromatic rings. The number of rotatable bonds is 8. The fraction of sp³-hybridized carbons (Fsp3) is 0.182. The lowest BCUT2D eigenvalue weighted by molar-refractivity contribution is -0.143. The molecule has 2 aliphatic rings. The Morgan fingerprint density at radius 3 is 1.78 bits per heavy atom. The van der Waals surface area contributed by atoms with E-state index in [9.17, 15) is 19.5 Å². The predicted molar refractivity (Wildman–Crippen MR) is 152 cm³/mol. The first kappa shape index (κ1) is 26.1. The van der Waals surface area contributed by atoms with Crippen LogP contribution in [0.2, 0.25) is 0 Å². The van der Waals surface area contributed by atoms with E-state index in [0.717, 1.165) is 22.3 Å². The largest absolute Gasteiger partial charge is 0.480 e. The zero-order valence-electron chi connectivity index (χ0n) is 22.1. The molecule has 206 valence electrons. The molecule has 8 nitrogen and oxygen atoms in total. The number of carbonyl (C=O) groups is 3. The van der Waals surface area contributed by atoms with Gasteiger partial charge in [0.05, 0.1) is 6.04 Å². The number of amides is 2. The average molecular weight is 549 g/mol. The number of para-hydroxylation sites is 2. The highest BCUT2D eigenvalue weighted by molar-refractivity contribution is 5.83. The highest BCUT2D eigenvalue weighted by Crippen LogP contribution is 2.48. The second-order valence-electron chi connectivity index (χ2n) is 10.2. The average Bonchev–Trinajstić information content (AvgIpc) is 3.30. The van der Waals surface area contributed by atoms with Crippen molar-refractivity contribution < 1.29 is 29.0 Å². The van der Waals surface area contributed by atoms with E-state index in [4.69, 9.17) is 15.2 Å². The van der Waals surface area contributed by atoms with Gasteiger partial charge in [-0.15, -0.1) is 0 Å². The highest BCUT2D eigenvalue weighted by atomic mass is 16.6. The summed E-state index contributed by atoms with van der Waals surface area (Å²) < 4.78 is 12.1. The maximum absolute atomic E-state index is 14.1. The van der Waals surface area contributed by atoms with E-state index in [1.54, 1.807) is 36.4 Å². The molecule has 1 heterocycles. The maximum Gasteiger partial charge on any atom is 0.411 e. The Labute approximate surface area is 236 Å². The summed E-state index contributed by atoms with van der Waals surface area (Å²) in [5.74, 6) is -1.12. The van der Waals surface area contributed by atoms with Crippen LogP contribution in [-0.2, 0) is 14.3 Å². The van der Waals surface area contributed by atoms with Crippen LogP contribution in [-0.4, -0.2) is 40.6 Å². The van der Waals surface area contributed by atoms with Gasteiger partial charge in [0.25, 0.3) is 0 Å². The Morgan fingerprint density at radius 2 is 1.27 bits per heavy atom. The molecule has 8 heteroatoms. The number of carboxylic acid groups (broad SMARTS) is 1. The van der Waals surface area contributed by atoms with Crippen molar-refractivity contribution in [1.82, 2.24) is 4.90 Å². The van der Waals surface area contributed by atoms with Gasteiger partial charge in [-0.1, -0.05) is 84.9 Å². The van der Waals surface area contributed by atoms with Gasteiger partial charge in [-0.25, -0.2) is 9.59 Å². The molecule has 4 aromatic carbocycles. The van der Waals surface area contributed by atoms with Crippen LogP contribution >= 0.6 is 0 Å². The number of carbonyl (C=O) groups excluding carboxylic acids is 2. The lowest BCUT2D eigenvalue weighted by Crippen LogP contribution is -2.49. The number of fused-ring (bicyclic) bond motifs is 5. The zero-order valence-corrected chi connectivity index (χ0v) is 22.1. The third kappa shape index (κ3) is 4.78. The molecule has 0 radical (unpaired) electrons. The fourth-order valence-electron chi connectivity index (χ4n) is 5.93. The number of aliphatic carboxylic acids is 1. The first-order valence-electron chi connectivity index (χ1n) is 13.4. The van der Waals surface area contributed by atoms with Crippen LogP contribution in [0.1, 0.15) is 47.1 Å². The standard InChI is InChI=1S/C33H28N2O6/c34-30(36)18-17-27(32(37)38)35(31-24-13-5-7-15-28(24)41-29-16-8-6-14-25(29)31)33(39)40-19-26-22-11-3-1-9-20(22)21-10-2-4-12-23(21)26/h1-16,26-27,31H,17-19H2,(H2,34,36)(H,37,38). The summed E-state index contributed by atoms with van der Waals surface area (Å²) in [5, 5.41) is 10.3. The van der Waals surface area contributed by atoms with Gasteiger partial charge in [0.15, 0.2) is 0 Å². The summed E-state index contributed by atoms with van der Waals surface area (Å²) in [4.78, 5) is 39.7. The molecular formula is C33H28N2O6. The quantitative estimate of drug-likeness (QED) is 0.285. The fourth-order valence-corrected chi connectivity index (χ4v) is 5.93. The third-order valence-electron chi connectivity index (χ3n) is 7.76. The van der Waals surface area contributed by atoms with Crippen molar-refractivity contribution in [2.45, 2.75) is 30.8 Å². The van der Waals surface area contributed by atoms with Gasteiger partial charge in [0.2, 0.25) is 5.91 Å². The summed E-state index contributed by atoms with van der Waals surface area (Å²) in [5.41, 5.74) is 10.9. The van der Waals surface area contributed by atoms with E-state index in [0.29, 0.717) is 22.6 Å². The molecule has 0 fully saturated rings. The molecule has 1 unspecified atom stereocenters. The second kappa shape index (κ2) is 10.8. The summed E-state index contributed by atoms with van der Waals surface area (Å²) in [6, 6.07) is 28.1. The van der Waals surface area contributed by atoms with Crippen molar-refractivity contribution in [2.75, 3.05) is 6.61 Å². The van der Waals surface area contributed by atoms with Crippen molar-refractivity contribution in [1.29, 1.82) is 0 Å². The molecule has 1 aliphatic carbocycles. The lowest BCUT2D eigenvalue weighted by Gasteiger charge is -2.39. The molecule has 1 atom stereocenters. The minimum Gasteiger partial charge on any atom is -0.480 e. The van der Waals surface area contributed by atoms with Crippen molar-refractivity contribution in [2.24, 2.45) is 5.73 Å². The third-order valence-corrected chi connectivity index (χ3v) is 7.76. The predicted octanol–water partition coefficient (Wildman–Crippen LogP) is 5.85. The summed E-state index contributed by atoms with van der Waals surface area (Å²) in [6.07, 6.45) is -1.19. The molecule has 2 amide bonds. The zero-order chi connectivity index (χ0) is 28.5. The molecule has 0 aromatic heterocycles. The van der Waals surface area contributed by atoms with Gasteiger partial charge in [0.1, 0.15) is 24.1 Å². The number of hydrogen-bond acceptors (Lipinski definition) is 5. The van der Waals surface area contributed by atoms with E-state index in [2.05, 4.69) is 0 Å². The Hall–Kier alpha value is -5.11. The first-order chi connectivity index (χ1) is 19.9. The Bertz CT molecular complexity index is 1560. The van der Waals surface area contributed by atoms with Crippen LogP contribution in [0.5, 0.6) is 11.5 Å². The van der Waals surface area contributed by atoms with Gasteiger partial charge in [-0.3, -0.25) is 9.69 Å². The Balaban J connectivity index is 1.40. The van der Waals surface area contributed by atoms with Crippen LogP contribution in [0, 0.1) is 0 Å². The lowest BCUT2D eigenvalue weighted by atomic mass is 9.91. The summed E-state index contributed by atoms with van der Waals surface area (Å²) in [7, 11) is 0. The summed E-state index contributed by atoms with van der Waals surface area (Å²) >= 11 is 0. The van der Waals surface area contributed by atoms with Crippen molar-refractivity contribution in [3.8, 4) is 22.6 Å². The molecular weight excluding hydrogens is 520 g/mol. The van der Waals surface area contributed by atoms with Gasteiger partial charge >= 0.3 is 12.1 Å². The first-order valence-corrected chi connectivity index (χ1v) is 13.4. The molecule has 0 saturated heterocycles. The second-order valence-corrected chi connectivity index (χ2v) is 10.2. The number of nitrogens with two attached hydrogens (primary N) is 1. The molecule has 1 aliphatic heterocycles. The van der Waals surface area contributed by atoms with Gasteiger partial charge in [0, 0.05) is 23.5 Å². The highest BCUT2D eigenvalue weighted by Gasteiger charge is 2.42. The molecule has 0 saturated carbocycles. The summed E-state index contributed by atoms with van der Waals surface area (Å²) in [6.45, 7) is 0.0119. The SMILES string of the molecule is NC(=O)CCC(C(=O)O)N(C(=O)OCC1c2ccccc2-c2ccccc21)C1c2ccccc2Oc2ccccc21. The van der Waals surface area contributed by atoms with Crippen LogP contribution in [0.3, 0.4) is 0 Å². The van der Waals surface area contributed by atoms with E-state index < -0.39 is 30.1 Å². The molecule has 0 spiro atoms. The van der Waals surface area contributed by atoms with Gasteiger partial charge < -0.3 is 20.3 Å².